The van der Waals surface area contributed by atoms with Crippen molar-refractivity contribution in [2.45, 2.75) is 60.2 Å². The summed E-state index contributed by atoms with van der Waals surface area (Å²) < 4.78 is 2.21. The Morgan fingerprint density at radius 1 is 0.970 bits per heavy atom. The molecule has 0 spiro atoms. The van der Waals surface area contributed by atoms with E-state index in [1.165, 1.54) is 26.8 Å². The van der Waals surface area contributed by atoms with Crippen molar-refractivity contribution in [3.8, 4) is 5.69 Å². The smallest absolute Gasteiger partial charge is 0.137 e. The summed E-state index contributed by atoms with van der Waals surface area (Å²) in [5, 5.41) is 5.17. The quantitative estimate of drug-likeness (QED) is 0.425. The van der Waals surface area contributed by atoms with Crippen molar-refractivity contribution >= 4 is 17.2 Å². The Kier molecular flexibility index (Phi) is 7.89. The lowest BCUT2D eigenvalue weighted by molar-refractivity contribution is 0.205. The molecule has 4 rings (SSSR count). The molecule has 1 aliphatic heterocycles. The largest absolute Gasteiger partial charge is 0.354 e. The van der Waals surface area contributed by atoms with Crippen molar-refractivity contribution in [1.82, 2.24) is 19.6 Å². The SMILES string of the molecule is CCc1nn(-c2ccccc2)c(N2CCN(CC)CC2)c1CN(Cc1ccc(C)s1)C(C)C. The fraction of sp³-hybridized carbons (Fsp3) is 0.519. The average molecular weight is 466 g/mol. The maximum atomic E-state index is 5.17. The first kappa shape index (κ1) is 24.0. The van der Waals surface area contributed by atoms with Crippen LogP contribution in [-0.2, 0) is 19.5 Å². The number of benzene rings is 1. The lowest BCUT2D eigenvalue weighted by Gasteiger charge is -2.36. The van der Waals surface area contributed by atoms with E-state index in [1.807, 2.05) is 11.3 Å². The summed E-state index contributed by atoms with van der Waals surface area (Å²) in [6, 6.07) is 15.6. The number of thiophene rings is 1. The van der Waals surface area contributed by atoms with Gasteiger partial charge in [-0.25, -0.2) is 4.68 Å². The second kappa shape index (κ2) is 10.9. The van der Waals surface area contributed by atoms with Gasteiger partial charge in [0.1, 0.15) is 5.82 Å². The molecule has 0 unspecified atom stereocenters. The van der Waals surface area contributed by atoms with E-state index in [2.05, 4.69) is 96.5 Å². The van der Waals surface area contributed by atoms with E-state index >= 15 is 0 Å². The summed E-state index contributed by atoms with van der Waals surface area (Å²) >= 11 is 1.91. The lowest BCUT2D eigenvalue weighted by atomic mass is 10.1. The van der Waals surface area contributed by atoms with Crippen molar-refractivity contribution in [3.05, 3.63) is 63.5 Å². The second-order valence-corrected chi connectivity index (χ2v) is 10.7. The topological polar surface area (TPSA) is 27.5 Å². The van der Waals surface area contributed by atoms with Crippen molar-refractivity contribution in [2.24, 2.45) is 0 Å². The van der Waals surface area contributed by atoms with E-state index in [1.54, 1.807) is 0 Å². The maximum Gasteiger partial charge on any atom is 0.137 e. The van der Waals surface area contributed by atoms with Crippen molar-refractivity contribution in [3.63, 3.8) is 0 Å². The molecule has 0 bridgehead atoms. The molecular formula is C27H39N5S. The van der Waals surface area contributed by atoms with Gasteiger partial charge in [0, 0.05) is 60.6 Å². The number of para-hydroxylation sites is 1. The normalized spacial score (nSPS) is 15.2. The first-order valence-electron chi connectivity index (χ1n) is 12.4. The van der Waals surface area contributed by atoms with E-state index in [9.17, 15) is 0 Å². The predicted molar refractivity (Wildman–Crippen MR) is 141 cm³/mol. The summed E-state index contributed by atoms with van der Waals surface area (Å²) in [6.45, 7) is 18.7. The highest BCUT2D eigenvalue weighted by atomic mass is 32.1. The van der Waals surface area contributed by atoms with Gasteiger partial charge in [-0.2, -0.15) is 5.10 Å². The average Bonchev–Trinajstić information content (AvgIpc) is 3.42. The number of piperazine rings is 1. The van der Waals surface area contributed by atoms with Gasteiger partial charge >= 0.3 is 0 Å². The van der Waals surface area contributed by atoms with Crippen LogP contribution in [0.15, 0.2) is 42.5 Å². The zero-order valence-electron chi connectivity index (χ0n) is 20.9. The van der Waals surface area contributed by atoms with Gasteiger partial charge in [-0.1, -0.05) is 32.0 Å². The molecule has 0 radical (unpaired) electrons. The molecule has 5 nitrogen and oxygen atoms in total. The van der Waals surface area contributed by atoms with Crippen molar-refractivity contribution in [1.29, 1.82) is 0 Å². The van der Waals surface area contributed by atoms with E-state index < -0.39 is 0 Å². The van der Waals surface area contributed by atoms with Gasteiger partial charge in [-0.05, 0) is 58.0 Å². The second-order valence-electron chi connectivity index (χ2n) is 9.28. The van der Waals surface area contributed by atoms with Crippen LogP contribution >= 0.6 is 11.3 Å². The number of aromatic nitrogens is 2. The molecule has 0 amide bonds. The Morgan fingerprint density at radius 2 is 1.70 bits per heavy atom. The summed E-state index contributed by atoms with van der Waals surface area (Å²) in [4.78, 5) is 10.5. The number of rotatable bonds is 9. The lowest BCUT2D eigenvalue weighted by Crippen LogP contribution is -2.47. The third kappa shape index (κ3) is 5.51. The van der Waals surface area contributed by atoms with E-state index in [0.717, 1.165) is 57.9 Å². The minimum absolute atomic E-state index is 0.460. The third-order valence-electron chi connectivity index (χ3n) is 6.74. The molecule has 0 atom stereocenters. The summed E-state index contributed by atoms with van der Waals surface area (Å²) in [7, 11) is 0. The van der Waals surface area contributed by atoms with Crippen LogP contribution in [0, 0.1) is 6.92 Å². The Labute approximate surface area is 203 Å². The minimum Gasteiger partial charge on any atom is -0.354 e. The van der Waals surface area contributed by atoms with Gasteiger partial charge < -0.3 is 9.80 Å². The van der Waals surface area contributed by atoms with E-state index in [0.29, 0.717) is 6.04 Å². The van der Waals surface area contributed by atoms with Crippen LogP contribution in [0.4, 0.5) is 5.82 Å². The Hall–Kier alpha value is -2.15. The van der Waals surface area contributed by atoms with Crippen LogP contribution in [0.2, 0.25) is 0 Å². The number of hydrogen-bond donors (Lipinski definition) is 0. The molecule has 178 valence electrons. The van der Waals surface area contributed by atoms with Gasteiger partial charge in [0.2, 0.25) is 0 Å². The minimum atomic E-state index is 0.460. The molecular weight excluding hydrogens is 426 g/mol. The molecule has 33 heavy (non-hydrogen) atoms. The molecule has 1 fully saturated rings. The fourth-order valence-corrected chi connectivity index (χ4v) is 5.59. The number of likely N-dealkylation sites (N-methyl/N-ethyl adjacent to an activating group) is 1. The zero-order chi connectivity index (χ0) is 23.4. The molecule has 1 aromatic carbocycles. The molecule has 0 aliphatic carbocycles. The molecule has 3 heterocycles. The number of aryl methyl sites for hydroxylation is 2. The molecule has 1 aliphatic rings. The molecule has 0 N–H and O–H groups in total. The number of anilines is 1. The summed E-state index contributed by atoms with van der Waals surface area (Å²) in [5.41, 5.74) is 3.77. The highest BCUT2D eigenvalue weighted by molar-refractivity contribution is 7.11. The van der Waals surface area contributed by atoms with Crippen molar-refractivity contribution in [2.75, 3.05) is 37.6 Å². The fourth-order valence-electron chi connectivity index (χ4n) is 4.68. The third-order valence-corrected chi connectivity index (χ3v) is 7.73. The molecule has 2 aromatic heterocycles. The van der Waals surface area contributed by atoms with Gasteiger partial charge in [0.25, 0.3) is 0 Å². The van der Waals surface area contributed by atoms with E-state index in [4.69, 9.17) is 5.10 Å². The van der Waals surface area contributed by atoms with Crippen LogP contribution in [0.25, 0.3) is 5.69 Å². The van der Waals surface area contributed by atoms with Crippen molar-refractivity contribution < 1.29 is 0 Å². The molecule has 1 saturated heterocycles. The molecule has 0 saturated carbocycles. The molecule has 3 aromatic rings. The molecule has 6 heteroatoms. The van der Waals surface area contributed by atoms with Crippen LogP contribution < -0.4 is 4.90 Å². The summed E-state index contributed by atoms with van der Waals surface area (Å²) in [6.07, 6.45) is 0.946. The number of nitrogens with zero attached hydrogens (tertiary/aromatic N) is 5. The van der Waals surface area contributed by atoms with E-state index in [-0.39, 0.29) is 0 Å². The standard InChI is InChI=1S/C27H39N5S/c1-6-26-25(20-31(21(3)4)19-24-14-13-22(5)33-24)27(30-17-15-29(7-2)16-18-30)32(28-26)23-11-9-8-10-12-23/h8-14,21H,6-7,15-20H2,1-5H3. The Bertz CT molecular complexity index is 1010. The van der Waals surface area contributed by atoms with Gasteiger partial charge in [-0.3, -0.25) is 4.90 Å². The number of hydrogen-bond acceptors (Lipinski definition) is 5. The van der Waals surface area contributed by atoms with Crippen LogP contribution in [-0.4, -0.2) is 58.3 Å². The van der Waals surface area contributed by atoms with Crippen LogP contribution in [0.3, 0.4) is 0 Å². The highest BCUT2D eigenvalue weighted by Gasteiger charge is 2.27. The van der Waals surface area contributed by atoms with Crippen LogP contribution in [0.1, 0.15) is 48.7 Å². The zero-order valence-corrected chi connectivity index (χ0v) is 21.7. The van der Waals surface area contributed by atoms with Crippen LogP contribution in [0.5, 0.6) is 0 Å². The monoisotopic (exact) mass is 465 g/mol. The van der Waals surface area contributed by atoms with Gasteiger partial charge in [-0.15, -0.1) is 11.3 Å². The Morgan fingerprint density at radius 3 is 2.27 bits per heavy atom. The van der Waals surface area contributed by atoms with Gasteiger partial charge in [0.05, 0.1) is 11.4 Å². The first-order chi connectivity index (χ1) is 16.0. The predicted octanol–water partition coefficient (Wildman–Crippen LogP) is 5.36. The first-order valence-corrected chi connectivity index (χ1v) is 13.2. The summed E-state index contributed by atoms with van der Waals surface area (Å²) in [5.74, 6) is 1.29. The van der Waals surface area contributed by atoms with Gasteiger partial charge in [0.15, 0.2) is 0 Å². The highest BCUT2D eigenvalue weighted by Crippen LogP contribution is 2.31. The Balaban J connectivity index is 1.73. The maximum absolute atomic E-state index is 5.17.